The molecule has 2 aromatic heterocycles. The molecule has 0 atom stereocenters. The zero-order valence-electron chi connectivity index (χ0n) is 18.7. The summed E-state index contributed by atoms with van der Waals surface area (Å²) >= 11 is 0. The third kappa shape index (κ3) is 5.19. The van der Waals surface area contributed by atoms with Crippen LogP contribution in [0, 0.1) is 0 Å². The van der Waals surface area contributed by atoms with Crippen LogP contribution in [0.3, 0.4) is 0 Å². The average Bonchev–Trinajstić information content (AvgIpc) is 3.43. The van der Waals surface area contributed by atoms with Crippen LogP contribution in [0.5, 0.6) is 5.75 Å². The van der Waals surface area contributed by atoms with Crippen LogP contribution in [-0.4, -0.2) is 38.0 Å². The van der Waals surface area contributed by atoms with Crippen molar-refractivity contribution in [2.45, 2.75) is 75.9 Å². The maximum Gasteiger partial charge on any atom is 0.573 e. The highest BCUT2D eigenvalue weighted by molar-refractivity contribution is 5.76. The first-order valence-electron chi connectivity index (χ1n) is 11.7. The summed E-state index contributed by atoms with van der Waals surface area (Å²) in [6.45, 7) is 0. The molecule has 2 aliphatic rings. The van der Waals surface area contributed by atoms with Crippen molar-refractivity contribution in [2.24, 2.45) is 5.73 Å². The Hall–Kier alpha value is -3.08. The van der Waals surface area contributed by atoms with Gasteiger partial charge < -0.3 is 21.1 Å². The molecule has 8 nitrogen and oxygen atoms in total. The molecule has 0 spiro atoms. The van der Waals surface area contributed by atoms with Crippen LogP contribution in [0.4, 0.5) is 30.8 Å². The molecule has 5 rings (SSSR count). The van der Waals surface area contributed by atoms with Gasteiger partial charge in [-0.1, -0.05) is 12.8 Å². The van der Waals surface area contributed by atoms with Crippen molar-refractivity contribution in [3.63, 3.8) is 0 Å². The molecule has 0 saturated heterocycles. The smallest absolute Gasteiger partial charge is 0.406 e. The van der Waals surface area contributed by atoms with E-state index in [0.29, 0.717) is 29.1 Å². The molecule has 2 aliphatic carbocycles. The van der Waals surface area contributed by atoms with E-state index in [1.807, 2.05) is 0 Å². The number of nitrogens with zero attached hydrogens (tertiary/aromatic N) is 4. The predicted octanol–water partition coefficient (Wildman–Crippen LogP) is 5.27. The number of anilines is 3. The van der Waals surface area contributed by atoms with Gasteiger partial charge in [-0.2, -0.15) is 4.98 Å². The minimum absolute atomic E-state index is 0.246. The van der Waals surface area contributed by atoms with Crippen molar-refractivity contribution in [3.8, 4) is 5.75 Å². The van der Waals surface area contributed by atoms with Crippen LogP contribution >= 0.6 is 0 Å². The highest BCUT2D eigenvalue weighted by atomic mass is 19.4. The van der Waals surface area contributed by atoms with Gasteiger partial charge in [0.1, 0.15) is 11.3 Å². The Morgan fingerprint density at radius 1 is 0.971 bits per heavy atom. The molecule has 11 heteroatoms. The first kappa shape index (κ1) is 22.7. The predicted molar refractivity (Wildman–Crippen MR) is 123 cm³/mol. The molecular weight excluding hydrogens is 447 g/mol. The zero-order valence-corrected chi connectivity index (χ0v) is 18.7. The number of hydrogen-bond donors (Lipinski definition) is 3. The Morgan fingerprint density at radius 3 is 2.35 bits per heavy atom. The molecule has 2 fully saturated rings. The van der Waals surface area contributed by atoms with Crippen molar-refractivity contribution in [1.29, 1.82) is 0 Å². The summed E-state index contributed by atoms with van der Waals surface area (Å²) in [7, 11) is 0. The van der Waals surface area contributed by atoms with Crippen LogP contribution < -0.4 is 21.1 Å². The monoisotopic (exact) mass is 475 g/mol. The van der Waals surface area contributed by atoms with Crippen molar-refractivity contribution >= 4 is 28.7 Å². The molecule has 0 amide bonds. The van der Waals surface area contributed by atoms with Crippen LogP contribution in [0.25, 0.3) is 11.2 Å². The van der Waals surface area contributed by atoms with E-state index in [4.69, 9.17) is 15.7 Å². The van der Waals surface area contributed by atoms with Crippen LogP contribution in [0.1, 0.15) is 57.4 Å². The maximum atomic E-state index is 12.5. The number of fused-ring (bicyclic) bond motifs is 1. The number of halogens is 3. The standard InChI is InChI=1S/C23H28F3N7O/c24-23(25,26)34-18-11-9-16(10-12-18)30-22-31-19-13-28-21(29-15-7-5-14(27)6-8-15)32-20(19)33(22)17-3-1-2-4-17/h9-15,17H,1-8,27H2,(H,30,31)(H,28,29,32)/t14-,15-. The van der Waals surface area contributed by atoms with Crippen molar-refractivity contribution < 1.29 is 17.9 Å². The van der Waals surface area contributed by atoms with E-state index in [1.54, 1.807) is 6.20 Å². The number of nitrogens with one attached hydrogen (secondary N) is 2. The second-order valence-corrected chi connectivity index (χ2v) is 9.10. The number of hydrogen-bond acceptors (Lipinski definition) is 7. The Morgan fingerprint density at radius 2 is 1.68 bits per heavy atom. The average molecular weight is 476 g/mol. The first-order chi connectivity index (χ1) is 16.3. The van der Waals surface area contributed by atoms with E-state index >= 15 is 0 Å². The molecule has 0 radical (unpaired) electrons. The summed E-state index contributed by atoms with van der Waals surface area (Å²) in [5.74, 6) is 0.904. The SMILES string of the molecule is N[C@H]1CC[C@H](Nc2ncc3nc(Nc4ccc(OC(F)(F)F)cc4)n(C4CCCC4)c3n2)CC1. The fraction of sp³-hybridized carbons (Fsp3) is 0.522. The van der Waals surface area contributed by atoms with E-state index in [0.717, 1.165) is 57.0 Å². The summed E-state index contributed by atoms with van der Waals surface area (Å²) in [5, 5.41) is 6.70. The third-order valence-electron chi connectivity index (χ3n) is 6.57. The van der Waals surface area contributed by atoms with Crippen molar-refractivity contribution in [3.05, 3.63) is 30.5 Å². The molecule has 4 N–H and O–H groups in total. The maximum absolute atomic E-state index is 12.5. The lowest BCUT2D eigenvalue weighted by molar-refractivity contribution is -0.274. The van der Waals surface area contributed by atoms with Crippen LogP contribution in [0.15, 0.2) is 30.5 Å². The lowest BCUT2D eigenvalue weighted by Crippen LogP contribution is -2.33. The fourth-order valence-corrected chi connectivity index (χ4v) is 4.87. The summed E-state index contributed by atoms with van der Waals surface area (Å²) < 4.78 is 43.4. The number of ether oxygens (including phenoxy) is 1. The van der Waals surface area contributed by atoms with Crippen LogP contribution in [-0.2, 0) is 0 Å². The Balaban J connectivity index is 1.41. The number of nitrogens with two attached hydrogens (primary N) is 1. The van der Waals surface area contributed by atoms with Gasteiger partial charge in [0, 0.05) is 23.8 Å². The van der Waals surface area contributed by atoms with E-state index in [9.17, 15) is 13.2 Å². The second-order valence-electron chi connectivity index (χ2n) is 9.10. The number of rotatable bonds is 6. The van der Waals surface area contributed by atoms with Gasteiger partial charge in [-0.3, -0.25) is 4.57 Å². The summed E-state index contributed by atoms with van der Waals surface area (Å²) in [4.78, 5) is 14.0. The van der Waals surface area contributed by atoms with Crippen molar-refractivity contribution in [2.75, 3.05) is 10.6 Å². The third-order valence-corrected chi connectivity index (χ3v) is 6.57. The Labute approximate surface area is 195 Å². The highest BCUT2D eigenvalue weighted by Crippen LogP contribution is 2.36. The lowest BCUT2D eigenvalue weighted by Gasteiger charge is -2.26. The molecule has 34 heavy (non-hydrogen) atoms. The van der Waals surface area contributed by atoms with Crippen molar-refractivity contribution in [1.82, 2.24) is 19.5 Å². The minimum atomic E-state index is -4.72. The lowest BCUT2D eigenvalue weighted by atomic mass is 9.92. The molecule has 0 aliphatic heterocycles. The summed E-state index contributed by atoms with van der Waals surface area (Å²) in [5.41, 5.74) is 8.04. The quantitative estimate of drug-likeness (QED) is 0.447. The Bertz CT molecular complexity index is 1120. The van der Waals surface area contributed by atoms with Gasteiger partial charge in [0.2, 0.25) is 11.9 Å². The van der Waals surface area contributed by atoms with Gasteiger partial charge >= 0.3 is 6.36 Å². The number of aromatic nitrogens is 4. The van der Waals surface area contributed by atoms with Gasteiger partial charge in [0.15, 0.2) is 5.65 Å². The molecule has 0 unspecified atom stereocenters. The fourth-order valence-electron chi connectivity index (χ4n) is 4.87. The van der Waals surface area contributed by atoms with Crippen LogP contribution in [0.2, 0.25) is 0 Å². The highest BCUT2D eigenvalue weighted by Gasteiger charge is 2.31. The second kappa shape index (κ2) is 9.28. The van der Waals surface area contributed by atoms with E-state index in [1.165, 1.54) is 24.3 Å². The molecule has 1 aromatic carbocycles. The van der Waals surface area contributed by atoms with Gasteiger partial charge in [0.05, 0.1) is 6.20 Å². The number of alkyl halides is 3. The molecule has 182 valence electrons. The summed E-state index contributed by atoms with van der Waals surface area (Å²) in [6.07, 6.45) is 5.25. The molecular formula is C23H28F3N7O. The number of benzene rings is 1. The normalized spacial score (nSPS) is 21.6. The van der Waals surface area contributed by atoms with Gasteiger partial charge in [-0.05, 0) is 62.8 Å². The zero-order chi connectivity index (χ0) is 23.7. The van der Waals surface area contributed by atoms with Gasteiger partial charge in [-0.25, -0.2) is 9.97 Å². The summed E-state index contributed by atoms with van der Waals surface area (Å²) in [6, 6.07) is 6.43. The molecule has 2 saturated carbocycles. The van der Waals surface area contributed by atoms with E-state index in [2.05, 4.69) is 24.9 Å². The van der Waals surface area contributed by atoms with E-state index in [-0.39, 0.29) is 17.8 Å². The van der Waals surface area contributed by atoms with Gasteiger partial charge in [-0.15, -0.1) is 13.2 Å². The molecule has 0 bridgehead atoms. The Kier molecular flexibility index (Phi) is 6.20. The van der Waals surface area contributed by atoms with Gasteiger partial charge in [0.25, 0.3) is 0 Å². The first-order valence-corrected chi connectivity index (χ1v) is 11.7. The number of imidazole rings is 1. The largest absolute Gasteiger partial charge is 0.573 e. The topological polar surface area (TPSA) is 103 Å². The van der Waals surface area contributed by atoms with E-state index < -0.39 is 6.36 Å². The molecule has 3 aromatic rings. The minimum Gasteiger partial charge on any atom is -0.406 e. The molecule has 2 heterocycles.